The normalized spacial score (nSPS) is 20.7. The molecule has 2 atom stereocenters. The maximum atomic E-state index is 13.3. The number of rotatable bonds is 5. The molecule has 2 rings (SSSR count). The first-order valence-corrected chi connectivity index (χ1v) is 9.28. The van der Waals surface area contributed by atoms with Crippen LogP contribution in [-0.4, -0.2) is 34.5 Å². The van der Waals surface area contributed by atoms with Gasteiger partial charge in [-0.05, 0) is 57.7 Å². The molecule has 1 aromatic rings. The van der Waals surface area contributed by atoms with Gasteiger partial charge in [0.15, 0.2) is 0 Å². The molecule has 7 nitrogen and oxygen atoms in total. The van der Waals surface area contributed by atoms with Crippen molar-refractivity contribution < 1.29 is 19.1 Å². The van der Waals surface area contributed by atoms with Crippen molar-refractivity contribution in [1.82, 2.24) is 10.2 Å². The molecule has 0 saturated carbocycles. The third-order valence-corrected chi connectivity index (χ3v) is 4.50. The van der Waals surface area contributed by atoms with Crippen LogP contribution in [0.25, 0.3) is 0 Å². The van der Waals surface area contributed by atoms with Gasteiger partial charge in [0, 0.05) is 0 Å². The van der Waals surface area contributed by atoms with E-state index in [2.05, 4.69) is 5.32 Å². The molecule has 1 aliphatic rings. The number of nitrogens with one attached hydrogen (secondary N) is 1. The van der Waals surface area contributed by atoms with Crippen molar-refractivity contribution in [3.63, 3.8) is 0 Å². The van der Waals surface area contributed by atoms with E-state index in [1.165, 1.54) is 0 Å². The summed E-state index contributed by atoms with van der Waals surface area (Å²) in [5.41, 5.74) is -1.06. The number of benzene rings is 1. The zero-order chi connectivity index (χ0) is 21.3. The van der Waals surface area contributed by atoms with E-state index in [1.807, 2.05) is 19.9 Å². The fourth-order valence-electron chi connectivity index (χ4n) is 3.14. The lowest BCUT2D eigenvalue weighted by Gasteiger charge is -2.30. The molecule has 0 radical (unpaired) electrons. The largest absolute Gasteiger partial charge is 0.458 e. The number of amides is 3. The van der Waals surface area contributed by atoms with Crippen molar-refractivity contribution in [2.75, 3.05) is 0 Å². The van der Waals surface area contributed by atoms with E-state index in [0.29, 0.717) is 17.5 Å². The van der Waals surface area contributed by atoms with Crippen LogP contribution < -0.4 is 5.32 Å². The quantitative estimate of drug-likeness (QED) is 0.620. The SMILES string of the molecule is CC(C)CC(C(=O)OC(C)(C)C)N1C(=O)N[C@@](C)(c2ccc(C#N)cc2)C1=O. The molecular weight excluding hydrogens is 358 g/mol. The molecule has 1 saturated heterocycles. The van der Waals surface area contributed by atoms with Crippen LogP contribution in [0.1, 0.15) is 59.1 Å². The smallest absolute Gasteiger partial charge is 0.329 e. The predicted octanol–water partition coefficient (Wildman–Crippen LogP) is 3.08. The number of ether oxygens (including phenoxy) is 1. The Bertz CT molecular complexity index is 818. The average Bonchev–Trinajstić information content (AvgIpc) is 2.81. The van der Waals surface area contributed by atoms with Gasteiger partial charge in [0.2, 0.25) is 0 Å². The van der Waals surface area contributed by atoms with Crippen molar-refractivity contribution >= 4 is 17.9 Å². The van der Waals surface area contributed by atoms with E-state index in [1.54, 1.807) is 52.0 Å². The van der Waals surface area contributed by atoms with Gasteiger partial charge in [0.1, 0.15) is 17.2 Å². The molecular formula is C21H27N3O4. The molecule has 150 valence electrons. The molecule has 1 N–H and O–H groups in total. The summed E-state index contributed by atoms with van der Waals surface area (Å²) in [5, 5.41) is 11.7. The predicted molar refractivity (Wildman–Crippen MR) is 103 cm³/mol. The summed E-state index contributed by atoms with van der Waals surface area (Å²) in [6.45, 7) is 10.6. The van der Waals surface area contributed by atoms with E-state index in [-0.39, 0.29) is 5.92 Å². The van der Waals surface area contributed by atoms with Crippen LogP contribution in [0.2, 0.25) is 0 Å². The minimum Gasteiger partial charge on any atom is -0.458 e. The van der Waals surface area contributed by atoms with Crippen molar-refractivity contribution in [2.45, 2.75) is 65.1 Å². The van der Waals surface area contributed by atoms with Crippen LogP contribution in [0.5, 0.6) is 0 Å². The van der Waals surface area contributed by atoms with Gasteiger partial charge in [-0.2, -0.15) is 5.26 Å². The van der Waals surface area contributed by atoms with Crippen molar-refractivity contribution in [1.29, 1.82) is 5.26 Å². The van der Waals surface area contributed by atoms with Crippen LogP contribution in [0.4, 0.5) is 4.79 Å². The highest BCUT2D eigenvalue weighted by Gasteiger charge is 2.53. The van der Waals surface area contributed by atoms with Gasteiger partial charge in [0.05, 0.1) is 11.6 Å². The highest BCUT2D eigenvalue weighted by atomic mass is 16.6. The summed E-state index contributed by atoms with van der Waals surface area (Å²) in [7, 11) is 0. The number of hydrogen-bond acceptors (Lipinski definition) is 5. The van der Waals surface area contributed by atoms with Gasteiger partial charge < -0.3 is 10.1 Å². The van der Waals surface area contributed by atoms with E-state index in [9.17, 15) is 14.4 Å². The number of carbonyl (C=O) groups excluding carboxylic acids is 3. The number of nitrogens with zero attached hydrogens (tertiary/aromatic N) is 2. The zero-order valence-electron chi connectivity index (χ0n) is 17.2. The number of carbonyl (C=O) groups is 3. The van der Waals surface area contributed by atoms with Crippen LogP contribution >= 0.6 is 0 Å². The standard InChI is InChI=1S/C21H27N3O4/c1-13(2)11-16(17(25)28-20(3,4)5)24-18(26)21(6,23-19(24)27)15-9-7-14(12-22)8-10-15/h7-10,13,16H,11H2,1-6H3,(H,23,27)/t16?,21-/m0/s1. The van der Waals surface area contributed by atoms with E-state index in [0.717, 1.165) is 4.90 Å². The molecule has 1 aromatic carbocycles. The summed E-state index contributed by atoms with van der Waals surface area (Å²) in [4.78, 5) is 39.7. The monoisotopic (exact) mass is 385 g/mol. The maximum absolute atomic E-state index is 13.3. The minimum absolute atomic E-state index is 0.0693. The Morgan fingerprint density at radius 1 is 1.25 bits per heavy atom. The topological polar surface area (TPSA) is 99.5 Å². The van der Waals surface area contributed by atoms with Gasteiger partial charge in [-0.15, -0.1) is 0 Å². The minimum atomic E-state index is -1.32. The summed E-state index contributed by atoms with van der Waals surface area (Å²) >= 11 is 0. The number of nitriles is 1. The molecule has 28 heavy (non-hydrogen) atoms. The highest BCUT2D eigenvalue weighted by Crippen LogP contribution is 2.32. The Balaban J connectivity index is 2.39. The Labute approximate surface area is 165 Å². The average molecular weight is 385 g/mol. The summed E-state index contributed by atoms with van der Waals surface area (Å²) in [6, 6.07) is 6.81. The number of hydrogen-bond donors (Lipinski definition) is 1. The zero-order valence-corrected chi connectivity index (χ0v) is 17.2. The van der Waals surface area contributed by atoms with Crippen LogP contribution in [0, 0.1) is 17.2 Å². The van der Waals surface area contributed by atoms with Gasteiger partial charge in [-0.1, -0.05) is 26.0 Å². The summed E-state index contributed by atoms with van der Waals surface area (Å²) < 4.78 is 5.47. The van der Waals surface area contributed by atoms with Crippen LogP contribution in [0.15, 0.2) is 24.3 Å². The van der Waals surface area contributed by atoms with Gasteiger partial charge in [0.25, 0.3) is 5.91 Å². The van der Waals surface area contributed by atoms with Gasteiger partial charge >= 0.3 is 12.0 Å². The molecule has 1 unspecified atom stereocenters. The molecule has 7 heteroatoms. The van der Waals surface area contributed by atoms with Crippen LogP contribution in [0.3, 0.4) is 0 Å². The maximum Gasteiger partial charge on any atom is 0.329 e. The van der Waals surface area contributed by atoms with Crippen molar-refractivity contribution in [2.24, 2.45) is 5.92 Å². The second-order valence-corrected chi connectivity index (χ2v) is 8.60. The second-order valence-electron chi connectivity index (χ2n) is 8.60. The molecule has 1 fully saturated rings. The fourth-order valence-corrected chi connectivity index (χ4v) is 3.14. The fraction of sp³-hybridized carbons (Fsp3) is 0.524. The molecule has 1 heterocycles. The molecule has 0 aromatic heterocycles. The third-order valence-electron chi connectivity index (χ3n) is 4.50. The third kappa shape index (κ3) is 4.33. The van der Waals surface area contributed by atoms with Crippen molar-refractivity contribution in [3.8, 4) is 6.07 Å². The first-order chi connectivity index (χ1) is 12.9. The number of urea groups is 1. The molecule has 3 amide bonds. The van der Waals surface area contributed by atoms with Crippen LogP contribution in [-0.2, 0) is 19.9 Å². The van der Waals surface area contributed by atoms with Crippen molar-refractivity contribution in [3.05, 3.63) is 35.4 Å². The lowest BCUT2D eigenvalue weighted by Crippen LogP contribution is -2.49. The lowest BCUT2D eigenvalue weighted by atomic mass is 9.90. The Morgan fingerprint density at radius 3 is 2.29 bits per heavy atom. The molecule has 0 aliphatic carbocycles. The molecule has 0 spiro atoms. The molecule has 1 aliphatic heterocycles. The molecule has 0 bridgehead atoms. The van der Waals surface area contributed by atoms with E-state index < -0.39 is 35.1 Å². The summed E-state index contributed by atoms with van der Waals surface area (Å²) in [5.74, 6) is -1.05. The number of esters is 1. The Hall–Kier alpha value is -2.88. The number of imide groups is 1. The lowest BCUT2D eigenvalue weighted by molar-refractivity contribution is -0.163. The second kappa shape index (κ2) is 7.63. The Kier molecular flexibility index (Phi) is 5.83. The van der Waals surface area contributed by atoms with E-state index in [4.69, 9.17) is 10.00 Å². The highest BCUT2D eigenvalue weighted by molar-refractivity contribution is 6.09. The summed E-state index contributed by atoms with van der Waals surface area (Å²) in [6.07, 6.45) is 0.303. The van der Waals surface area contributed by atoms with E-state index >= 15 is 0 Å². The first-order valence-electron chi connectivity index (χ1n) is 9.28. The van der Waals surface area contributed by atoms with Gasteiger partial charge in [-0.25, -0.2) is 14.5 Å². The Morgan fingerprint density at radius 2 is 1.82 bits per heavy atom. The first kappa shape index (κ1) is 21.4. The van der Waals surface area contributed by atoms with Gasteiger partial charge in [-0.3, -0.25) is 4.79 Å².